The summed E-state index contributed by atoms with van der Waals surface area (Å²) >= 11 is 1.72. The Morgan fingerprint density at radius 3 is 2.60 bits per heavy atom. The summed E-state index contributed by atoms with van der Waals surface area (Å²) in [5.41, 5.74) is -0.246. The molecule has 1 aliphatic heterocycles. The van der Waals surface area contributed by atoms with Crippen LogP contribution in [0.25, 0.3) is 0 Å². The van der Waals surface area contributed by atoms with E-state index in [2.05, 4.69) is 55.8 Å². The normalized spacial score (nSPS) is 24.3. The van der Waals surface area contributed by atoms with E-state index < -0.39 is 0 Å². The molecular weight excluding hydrogens is 268 g/mol. The van der Waals surface area contributed by atoms with Crippen LogP contribution in [-0.4, -0.2) is 19.0 Å². The maximum Gasteiger partial charge on any atom is 0.228 e. The molecule has 2 heterocycles. The monoisotopic (exact) mass is 294 g/mol. The highest BCUT2D eigenvalue weighted by Crippen LogP contribution is 2.36. The van der Waals surface area contributed by atoms with Crippen molar-refractivity contribution >= 4 is 17.2 Å². The van der Waals surface area contributed by atoms with Crippen molar-refractivity contribution in [3.8, 4) is 0 Å². The number of rotatable bonds is 5. The molecule has 20 heavy (non-hydrogen) atoms. The molecule has 3 nitrogen and oxygen atoms in total. The molecule has 1 aliphatic rings. The van der Waals surface area contributed by atoms with E-state index in [-0.39, 0.29) is 17.4 Å². The van der Waals surface area contributed by atoms with Crippen LogP contribution in [0.4, 0.5) is 0 Å². The summed E-state index contributed by atoms with van der Waals surface area (Å²) in [5.74, 6) is 0.967. The van der Waals surface area contributed by atoms with Crippen molar-refractivity contribution in [3.05, 3.63) is 22.4 Å². The Morgan fingerprint density at radius 1 is 1.40 bits per heavy atom. The molecule has 2 unspecified atom stereocenters. The largest absolute Gasteiger partial charge is 0.348 e. The third kappa shape index (κ3) is 2.91. The van der Waals surface area contributed by atoms with Gasteiger partial charge in [-0.2, -0.15) is 0 Å². The molecule has 1 saturated heterocycles. The van der Waals surface area contributed by atoms with Gasteiger partial charge in [-0.15, -0.1) is 11.3 Å². The fraction of sp³-hybridized carbons (Fsp3) is 0.688. The van der Waals surface area contributed by atoms with Crippen LogP contribution in [0.1, 0.15) is 45.0 Å². The molecule has 1 aromatic rings. The van der Waals surface area contributed by atoms with Gasteiger partial charge in [0, 0.05) is 11.4 Å². The quantitative estimate of drug-likeness (QED) is 0.875. The van der Waals surface area contributed by atoms with E-state index in [4.69, 9.17) is 0 Å². The minimum atomic E-state index is -0.246. The Balaban J connectivity index is 2.16. The first-order chi connectivity index (χ1) is 9.47. The first kappa shape index (κ1) is 15.5. The number of hydrogen-bond donors (Lipinski definition) is 2. The highest BCUT2D eigenvalue weighted by molar-refractivity contribution is 7.10. The summed E-state index contributed by atoms with van der Waals surface area (Å²) in [6.45, 7) is 10.4. The van der Waals surface area contributed by atoms with Crippen LogP contribution in [-0.2, 0) is 4.79 Å². The van der Waals surface area contributed by atoms with Gasteiger partial charge in [-0.3, -0.25) is 4.79 Å². The van der Waals surface area contributed by atoms with Crippen LogP contribution in [0.3, 0.4) is 0 Å². The van der Waals surface area contributed by atoms with Crippen molar-refractivity contribution in [1.82, 2.24) is 10.6 Å². The Labute approximate surface area is 126 Å². The second-order valence-electron chi connectivity index (χ2n) is 6.45. The van der Waals surface area contributed by atoms with Crippen LogP contribution < -0.4 is 10.6 Å². The molecule has 1 aromatic heterocycles. The third-order valence-electron chi connectivity index (χ3n) is 4.55. The summed E-state index contributed by atoms with van der Waals surface area (Å²) in [6, 6.07) is 4.29. The third-order valence-corrected chi connectivity index (χ3v) is 5.50. The minimum absolute atomic E-state index is 0.124. The zero-order valence-corrected chi connectivity index (χ0v) is 13.7. The predicted molar refractivity (Wildman–Crippen MR) is 84.8 cm³/mol. The van der Waals surface area contributed by atoms with E-state index in [1.54, 1.807) is 11.3 Å². The summed E-state index contributed by atoms with van der Waals surface area (Å²) in [6.07, 6.45) is 0.936. The van der Waals surface area contributed by atoms with E-state index in [0.29, 0.717) is 11.8 Å². The SMILES string of the molecule is CC(C)C(NC(=O)C1(C(C)C)CCNC1)c1cccs1. The Bertz CT molecular complexity index is 433. The number of carbonyl (C=O) groups excluding carboxylic acids is 1. The van der Waals surface area contributed by atoms with E-state index in [1.807, 2.05) is 0 Å². The van der Waals surface area contributed by atoms with Gasteiger partial charge >= 0.3 is 0 Å². The zero-order chi connectivity index (χ0) is 14.8. The average molecular weight is 294 g/mol. The second kappa shape index (κ2) is 6.27. The van der Waals surface area contributed by atoms with Gasteiger partial charge in [-0.05, 0) is 36.2 Å². The van der Waals surface area contributed by atoms with Crippen LogP contribution in [0.2, 0.25) is 0 Å². The molecule has 2 atom stereocenters. The van der Waals surface area contributed by atoms with Crippen molar-refractivity contribution in [2.24, 2.45) is 17.3 Å². The van der Waals surface area contributed by atoms with Gasteiger partial charge in [0.2, 0.25) is 5.91 Å². The number of hydrogen-bond acceptors (Lipinski definition) is 3. The first-order valence-corrected chi connectivity index (χ1v) is 8.40. The predicted octanol–water partition coefficient (Wildman–Crippen LogP) is 3.20. The summed E-state index contributed by atoms with van der Waals surface area (Å²) in [4.78, 5) is 14.1. The molecular formula is C16H26N2OS. The summed E-state index contributed by atoms with van der Waals surface area (Å²) < 4.78 is 0. The van der Waals surface area contributed by atoms with Crippen molar-refractivity contribution in [2.45, 2.75) is 40.2 Å². The Hall–Kier alpha value is -0.870. The highest BCUT2D eigenvalue weighted by Gasteiger charge is 2.44. The fourth-order valence-electron chi connectivity index (χ4n) is 2.98. The maximum atomic E-state index is 12.9. The summed E-state index contributed by atoms with van der Waals surface area (Å²) in [7, 11) is 0. The molecule has 1 amide bonds. The van der Waals surface area contributed by atoms with E-state index in [0.717, 1.165) is 19.5 Å². The van der Waals surface area contributed by atoms with Gasteiger partial charge in [0.25, 0.3) is 0 Å². The van der Waals surface area contributed by atoms with Crippen molar-refractivity contribution in [1.29, 1.82) is 0 Å². The molecule has 0 aliphatic carbocycles. The topological polar surface area (TPSA) is 41.1 Å². The number of carbonyl (C=O) groups is 1. The second-order valence-corrected chi connectivity index (χ2v) is 7.43. The first-order valence-electron chi connectivity index (χ1n) is 7.52. The highest BCUT2D eigenvalue weighted by atomic mass is 32.1. The maximum absolute atomic E-state index is 12.9. The number of amides is 1. The van der Waals surface area contributed by atoms with Crippen LogP contribution in [0.15, 0.2) is 17.5 Å². The molecule has 2 rings (SSSR count). The van der Waals surface area contributed by atoms with E-state index >= 15 is 0 Å². The standard InChI is InChI=1S/C16H26N2OS/c1-11(2)14(13-6-5-9-20-13)18-15(19)16(12(3)4)7-8-17-10-16/h5-6,9,11-12,14,17H,7-8,10H2,1-4H3,(H,18,19). The van der Waals surface area contributed by atoms with Gasteiger partial charge < -0.3 is 10.6 Å². The van der Waals surface area contributed by atoms with Gasteiger partial charge in [0.05, 0.1) is 11.5 Å². The number of nitrogens with one attached hydrogen (secondary N) is 2. The Kier molecular flexibility index (Phi) is 4.86. The molecule has 0 spiro atoms. The number of thiophene rings is 1. The van der Waals surface area contributed by atoms with Crippen LogP contribution in [0.5, 0.6) is 0 Å². The molecule has 0 saturated carbocycles. The molecule has 0 aromatic carbocycles. The van der Waals surface area contributed by atoms with Gasteiger partial charge in [-0.25, -0.2) is 0 Å². The van der Waals surface area contributed by atoms with Gasteiger partial charge in [0.15, 0.2) is 0 Å². The average Bonchev–Trinajstić information content (AvgIpc) is 3.06. The van der Waals surface area contributed by atoms with E-state index in [1.165, 1.54) is 4.88 Å². The zero-order valence-electron chi connectivity index (χ0n) is 12.9. The van der Waals surface area contributed by atoms with Crippen LogP contribution in [0, 0.1) is 17.3 Å². The molecule has 0 radical (unpaired) electrons. The smallest absolute Gasteiger partial charge is 0.228 e. The van der Waals surface area contributed by atoms with Crippen molar-refractivity contribution in [3.63, 3.8) is 0 Å². The molecule has 4 heteroatoms. The van der Waals surface area contributed by atoms with E-state index in [9.17, 15) is 4.79 Å². The molecule has 2 N–H and O–H groups in total. The fourth-order valence-corrected chi connectivity index (χ4v) is 3.93. The molecule has 112 valence electrons. The van der Waals surface area contributed by atoms with Crippen LogP contribution >= 0.6 is 11.3 Å². The molecule has 0 bridgehead atoms. The lowest BCUT2D eigenvalue weighted by Gasteiger charge is -2.34. The summed E-state index contributed by atoms with van der Waals surface area (Å²) in [5, 5.41) is 8.74. The lowest BCUT2D eigenvalue weighted by Crippen LogP contribution is -2.47. The lowest BCUT2D eigenvalue weighted by molar-refractivity contribution is -0.133. The van der Waals surface area contributed by atoms with Gasteiger partial charge in [-0.1, -0.05) is 33.8 Å². The molecule has 1 fully saturated rings. The van der Waals surface area contributed by atoms with Crippen molar-refractivity contribution in [2.75, 3.05) is 13.1 Å². The van der Waals surface area contributed by atoms with Crippen molar-refractivity contribution < 1.29 is 4.79 Å². The van der Waals surface area contributed by atoms with Gasteiger partial charge in [0.1, 0.15) is 0 Å². The minimum Gasteiger partial charge on any atom is -0.348 e. The Morgan fingerprint density at radius 2 is 2.15 bits per heavy atom. The lowest BCUT2D eigenvalue weighted by atomic mass is 9.75.